The van der Waals surface area contributed by atoms with Gasteiger partial charge in [-0.25, -0.2) is 4.39 Å². The zero-order valence-corrected chi connectivity index (χ0v) is 11.8. The summed E-state index contributed by atoms with van der Waals surface area (Å²) < 4.78 is 43.1. The standard InChI is InChI=1S/C14H19FO3S/c1-11-7-9-12(10-8-11)19(16,17)18-14-6-4-2-3-5-13(14)15/h7-10,13-14H,2-6H2,1H3/t13-,14-/m0/s1. The maximum atomic E-state index is 13.8. The highest BCUT2D eigenvalue weighted by Gasteiger charge is 2.29. The lowest BCUT2D eigenvalue weighted by Gasteiger charge is -2.18. The van der Waals surface area contributed by atoms with Crippen molar-refractivity contribution in [2.75, 3.05) is 0 Å². The molecule has 1 fully saturated rings. The van der Waals surface area contributed by atoms with Crippen LogP contribution in [0, 0.1) is 6.92 Å². The third-order valence-electron chi connectivity index (χ3n) is 3.43. The molecule has 0 saturated heterocycles. The molecule has 1 aliphatic rings. The monoisotopic (exact) mass is 286 g/mol. The number of aryl methyl sites for hydroxylation is 1. The summed E-state index contributed by atoms with van der Waals surface area (Å²) >= 11 is 0. The molecule has 0 radical (unpaired) electrons. The number of hydrogen-bond donors (Lipinski definition) is 0. The topological polar surface area (TPSA) is 43.4 Å². The summed E-state index contributed by atoms with van der Waals surface area (Å²) in [6, 6.07) is 6.40. The van der Waals surface area contributed by atoms with Crippen LogP contribution in [0.25, 0.3) is 0 Å². The molecule has 1 aliphatic carbocycles. The van der Waals surface area contributed by atoms with Crippen LogP contribution in [0.1, 0.15) is 37.7 Å². The predicted molar refractivity (Wildman–Crippen MR) is 71.2 cm³/mol. The molecule has 0 aliphatic heterocycles. The summed E-state index contributed by atoms with van der Waals surface area (Å²) in [5, 5.41) is 0. The lowest BCUT2D eigenvalue weighted by molar-refractivity contribution is 0.0992. The molecule has 0 aromatic heterocycles. The molecule has 0 heterocycles. The van der Waals surface area contributed by atoms with Crippen molar-refractivity contribution in [3.63, 3.8) is 0 Å². The largest absolute Gasteiger partial charge is 0.297 e. The Bertz CT molecular complexity index is 510. The van der Waals surface area contributed by atoms with Gasteiger partial charge in [0.2, 0.25) is 0 Å². The molecule has 1 saturated carbocycles. The van der Waals surface area contributed by atoms with E-state index in [-0.39, 0.29) is 4.90 Å². The first-order valence-electron chi connectivity index (χ1n) is 6.63. The third kappa shape index (κ3) is 3.76. The van der Waals surface area contributed by atoms with Crippen molar-refractivity contribution < 1.29 is 17.0 Å². The predicted octanol–water partition coefficient (Wildman–Crippen LogP) is 3.37. The van der Waals surface area contributed by atoms with Gasteiger partial charge in [-0.1, -0.05) is 37.0 Å². The Hall–Kier alpha value is -0.940. The molecule has 0 amide bonds. The molecular weight excluding hydrogens is 267 g/mol. The van der Waals surface area contributed by atoms with E-state index in [0.717, 1.165) is 24.8 Å². The van der Waals surface area contributed by atoms with Crippen molar-refractivity contribution in [2.24, 2.45) is 0 Å². The summed E-state index contributed by atoms with van der Waals surface area (Å²) in [7, 11) is -3.87. The molecule has 2 atom stereocenters. The maximum Gasteiger partial charge on any atom is 0.297 e. The van der Waals surface area contributed by atoms with Crippen LogP contribution in [0.5, 0.6) is 0 Å². The van der Waals surface area contributed by atoms with Crippen LogP contribution in [-0.4, -0.2) is 20.7 Å². The molecule has 0 bridgehead atoms. The van der Waals surface area contributed by atoms with E-state index in [1.54, 1.807) is 12.1 Å². The molecule has 1 aromatic carbocycles. The fraction of sp³-hybridized carbons (Fsp3) is 0.571. The minimum Gasteiger partial charge on any atom is -0.260 e. The Balaban J connectivity index is 2.13. The second-order valence-corrected chi connectivity index (χ2v) is 6.63. The first-order chi connectivity index (χ1) is 8.99. The van der Waals surface area contributed by atoms with Gasteiger partial charge in [0.05, 0.1) is 4.90 Å². The second kappa shape index (κ2) is 6.01. The van der Waals surface area contributed by atoms with Gasteiger partial charge in [0.1, 0.15) is 12.3 Å². The van der Waals surface area contributed by atoms with Crippen LogP contribution >= 0.6 is 0 Å². The van der Waals surface area contributed by atoms with E-state index in [0.29, 0.717) is 12.8 Å². The molecule has 106 valence electrons. The second-order valence-electron chi connectivity index (χ2n) is 5.06. The molecule has 0 unspecified atom stereocenters. The number of rotatable bonds is 3. The van der Waals surface area contributed by atoms with E-state index >= 15 is 0 Å². The molecule has 5 heteroatoms. The van der Waals surface area contributed by atoms with Crippen molar-refractivity contribution >= 4 is 10.1 Å². The van der Waals surface area contributed by atoms with Gasteiger partial charge in [0.25, 0.3) is 10.1 Å². The summed E-state index contributed by atoms with van der Waals surface area (Å²) in [5.41, 5.74) is 0.969. The minimum atomic E-state index is -3.87. The Labute approximate surface area is 113 Å². The fourth-order valence-corrected chi connectivity index (χ4v) is 3.38. The van der Waals surface area contributed by atoms with E-state index < -0.39 is 22.4 Å². The van der Waals surface area contributed by atoms with Crippen LogP contribution in [0.2, 0.25) is 0 Å². The Morgan fingerprint density at radius 1 is 1.11 bits per heavy atom. The SMILES string of the molecule is Cc1ccc(S(=O)(=O)O[C@H]2CCCCC[C@@H]2F)cc1. The highest BCUT2D eigenvalue weighted by molar-refractivity contribution is 7.86. The molecule has 19 heavy (non-hydrogen) atoms. The van der Waals surface area contributed by atoms with E-state index in [4.69, 9.17) is 4.18 Å². The maximum absolute atomic E-state index is 13.8. The van der Waals surface area contributed by atoms with E-state index in [1.807, 2.05) is 6.92 Å². The molecule has 0 spiro atoms. The molecule has 1 aromatic rings. The number of alkyl halides is 1. The van der Waals surface area contributed by atoms with E-state index in [2.05, 4.69) is 0 Å². The van der Waals surface area contributed by atoms with Gasteiger partial charge in [0, 0.05) is 0 Å². The lowest BCUT2D eigenvalue weighted by atomic mass is 10.1. The highest BCUT2D eigenvalue weighted by Crippen LogP contribution is 2.26. The number of halogens is 1. The zero-order valence-electron chi connectivity index (χ0n) is 11.0. The van der Waals surface area contributed by atoms with Crippen LogP contribution in [0.15, 0.2) is 29.2 Å². The normalized spacial score (nSPS) is 24.9. The molecule has 2 rings (SSSR count). The van der Waals surface area contributed by atoms with Gasteiger partial charge in [-0.05, 0) is 31.9 Å². The van der Waals surface area contributed by atoms with E-state index in [1.165, 1.54) is 12.1 Å². The van der Waals surface area contributed by atoms with Crippen molar-refractivity contribution in [1.29, 1.82) is 0 Å². The Morgan fingerprint density at radius 2 is 1.74 bits per heavy atom. The smallest absolute Gasteiger partial charge is 0.260 e. The van der Waals surface area contributed by atoms with Gasteiger partial charge in [-0.3, -0.25) is 4.18 Å². The quantitative estimate of drug-likeness (QED) is 0.632. The first kappa shape index (κ1) is 14.5. The van der Waals surface area contributed by atoms with Gasteiger partial charge >= 0.3 is 0 Å². The average Bonchev–Trinajstić information content (AvgIpc) is 2.55. The van der Waals surface area contributed by atoms with E-state index in [9.17, 15) is 12.8 Å². The van der Waals surface area contributed by atoms with Crippen molar-refractivity contribution in [2.45, 2.75) is 56.2 Å². The van der Waals surface area contributed by atoms with Crippen LogP contribution in [0.3, 0.4) is 0 Å². The Kier molecular flexibility index (Phi) is 4.58. The van der Waals surface area contributed by atoms with Gasteiger partial charge in [-0.15, -0.1) is 0 Å². The third-order valence-corrected chi connectivity index (χ3v) is 4.78. The molecular formula is C14H19FO3S. The highest BCUT2D eigenvalue weighted by atomic mass is 32.2. The summed E-state index contributed by atoms with van der Waals surface area (Å²) in [4.78, 5) is 0.0922. The molecule has 0 N–H and O–H groups in total. The summed E-state index contributed by atoms with van der Waals surface area (Å²) in [5.74, 6) is 0. The van der Waals surface area contributed by atoms with Crippen molar-refractivity contribution in [3.05, 3.63) is 29.8 Å². The van der Waals surface area contributed by atoms with Crippen LogP contribution in [0.4, 0.5) is 4.39 Å². The van der Waals surface area contributed by atoms with Crippen LogP contribution in [-0.2, 0) is 14.3 Å². The van der Waals surface area contributed by atoms with Gasteiger partial charge in [-0.2, -0.15) is 8.42 Å². The van der Waals surface area contributed by atoms with Gasteiger partial charge in [0.15, 0.2) is 0 Å². The lowest BCUT2D eigenvalue weighted by Crippen LogP contribution is -2.27. The van der Waals surface area contributed by atoms with Crippen LogP contribution < -0.4 is 0 Å². The number of hydrogen-bond acceptors (Lipinski definition) is 3. The summed E-state index contributed by atoms with van der Waals surface area (Å²) in [6.45, 7) is 1.88. The Morgan fingerprint density at radius 3 is 2.42 bits per heavy atom. The minimum absolute atomic E-state index is 0.0922. The zero-order chi connectivity index (χ0) is 13.9. The van der Waals surface area contributed by atoms with Crippen molar-refractivity contribution in [3.8, 4) is 0 Å². The average molecular weight is 286 g/mol. The first-order valence-corrected chi connectivity index (χ1v) is 8.04. The molecule has 3 nitrogen and oxygen atoms in total. The van der Waals surface area contributed by atoms with Crippen molar-refractivity contribution in [1.82, 2.24) is 0 Å². The van der Waals surface area contributed by atoms with Gasteiger partial charge < -0.3 is 0 Å². The fourth-order valence-electron chi connectivity index (χ4n) is 2.26. The number of benzene rings is 1. The summed E-state index contributed by atoms with van der Waals surface area (Å²) in [6.07, 6.45) is 1.36.